The average Bonchev–Trinajstić information content (AvgIpc) is 2.19. The van der Waals surface area contributed by atoms with E-state index in [0.29, 0.717) is 12.3 Å². The van der Waals surface area contributed by atoms with Gasteiger partial charge in [0.1, 0.15) is 5.69 Å². The summed E-state index contributed by atoms with van der Waals surface area (Å²) in [6, 6.07) is -0.283. The Bertz CT molecular complexity index is 289. The first-order valence-electron chi connectivity index (χ1n) is 4.27. The summed E-state index contributed by atoms with van der Waals surface area (Å²) in [5.74, 6) is -0.109. The van der Waals surface area contributed by atoms with Crippen molar-refractivity contribution in [3.05, 3.63) is 24.3 Å². The minimum Gasteiger partial charge on any atom is -0.383 e. The van der Waals surface area contributed by atoms with Gasteiger partial charge in [-0.2, -0.15) is 0 Å². The molecule has 1 aromatic rings. The number of carbonyl (C=O) groups is 1. The third-order valence-electron chi connectivity index (χ3n) is 1.68. The number of ketones is 1. The number of nitrogens with two attached hydrogens (primary N) is 1. The van der Waals surface area contributed by atoms with Crippen molar-refractivity contribution in [1.29, 1.82) is 0 Å². The summed E-state index contributed by atoms with van der Waals surface area (Å²) < 4.78 is 4.83. The molecule has 0 bridgehead atoms. The normalized spacial score (nSPS) is 12.4. The maximum Gasteiger partial charge on any atom is 0.184 e. The largest absolute Gasteiger partial charge is 0.383 e. The van der Waals surface area contributed by atoms with E-state index in [1.165, 1.54) is 18.6 Å². The van der Waals surface area contributed by atoms with Gasteiger partial charge in [0.15, 0.2) is 5.78 Å². The summed E-state index contributed by atoms with van der Waals surface area (Å²) in [6.07, 6.45) is 4.66. The van der Waals surface area contributed by atoms with Crippen LogP contribution >= 0.6 is 0 Å². The molecule has 2 N–H and O–H groups in total. The van der Waals surface area contributed by atoms with Crippen LogP contribution < -0.4 is 5.73 Å². The topological polar surface area (TPSA) is 78.1 Å². The molecule has 0 fully saturated rings. The minimum absolute atomic E-state index is 0.109. The highest BCUT2D eigenvalue weighted by Crippen LogP contribution is 1.99. The van der Waals surface area contributed by atoms with Crippen LogP contribution in [0.1, 0.15) is 16.9 Å². The SMILES string of the molecule is COCC(N)CC(=O)c1cnccn1. The van der Waals surface area contributed by atoms with Gasteiger partial charge < -0.3 is 10.5 Å². The molecule has 5 nitrogen and oxygen atoms in total. The van der Waals surface area contributed by atoms with Gasteiger partial charge in [0, 0.05) is 32.0 Å². The zero-order valence-electron chi connectivity index (χ0n) is 8.01. The minimum atomic E-state index is -0.283. The summed E-state index contributed by atoms with van der Waals surface area (Å²) in [5, 5.41) is 0. The number of Topliss-reactive ketones (excluding diaryl/α,β-unsaturated/α-hetero) is 1. The Balaban J connectivity index is 2.51. The molecule has 1 unspecified atom stereocenters. The van der Waals surface area contributed by atoms with Crippen molar-refractivity contribution >= 4 is 5.78 Å². The van der Waals surface area contributed by atoms with Crippen LogP contribution in [0.4, 0.5) is 0 Å². The van der Waals surface area contributed by atoms with Crippen molar-refractivity contribution in [3.8, 4) is 0 Å². The summed E-state index contributed by atoms with van der Waals surface area (Å²) in [4.78, 5) is 19.2. The van der Waals surface area contributed by atoms with Crippen molar-refractivity contribution < 1.29 is 9.53 Å². The van der Waals surface area contributed by atoms with Gasteiger partial charge in [-0.25, -0.2) is 4.98 Å². The fraction of sp³-hybridized carbons (Fsp3) is 0.444. The van der Waals surface area contributed by atoms with E-state index in [2.05, 4.69) is 9.97 Å². The molecule has 76 valence electrons. The van der Waals surface area contributed by atoms with Crippen molar-refractivity contribution in [1.82, 2.24) is 9.97 Å². The van der Waals surface area contributed by atoms with Crippen molar-refractivity contribution in [2.24, 2.45) is 5.73 Å². The summed E-state index contributed by atoms with van der Waals surface area (Å²) in [5.41, 5.74) is 5.97. The first-order chi connectivity index (χ1) is 6.74. The van der Waals surface area contributed by atoms with Crippen LogP contribution in [0.3, 0.4) is 0 Å². The molecule has 0 saturated heterocycles. The molecular formula is C9H13N3O2. The maximum absolute atomic E-state index is 11.5. The number of aromatic nitrogens is 2. The van der Waals surface area contributed by atoms with Gasteiger partial charge in [0.2, 0.25) is 0 Å². The molecule has 0 saturated carbocycles. The maximum atomic E-state index is 11.5. The molecule has 0 aliphatic heterocycles. The van der Waals surface area contributed by atoms with Gasteiger partial charge in [0.05, 0.1) is 12.8 Å². The molecule has 0 aliphatic carbocycles. The Morgan fingerprint density at radius 3 is 3.00 bits per heavy atom. The summed E-state index contributed by atoms with van der Waals surface area (Å²) >= 11 is 0. The zero-order chi connectivity index (χ0) is 10.4. The second kappa shape index (κ2) is 5.41. The molecule has 5 heteroatoms. The van der Waals surface area contributed by atoms with Crippen molar-refractivity contribution in [2.45, 2.75) is 12.5 Å². The number of ether oxygens (including phenoxy) is 1. The van der Waals surface area contributed by atoms with E-state index >= 15 is 0 Å². The Labute approximate surface area is 82.3 Å². The Morgan fingerprint density at radius 2 is 2.43 bits per heavy atom. The summed E-state index contributed by atoms with van der Waals surface area (Å²) in [6.45, 7) is 0.367. The predicted molar refractivity (Wildman–Crippen MR) is 50.8 cm³/mol. The second-order valence-electron chi connectivity index (χ2n) is 2.93. The van der Waals surface area contributed by atoms with Crippen LogP contribution in [0.5, 0.6) is 0 Å². The fourth-order valence-corrected chi connectivity index (χ4v) is 1.06. The predicted octanol–water partition coefficient (Wildman–Crippen LogP) is 0.0231. The molecule has 1 rings (SSSR count). The van der Waals surface area contributed by atoms with E-state index in [4.69, 9.17) is 10.5 Å². The van der Waals surface area contributed by atoms with Crippen LogP contribution in [0.15, 0.2) is 18.6 Å². The zero-order valence-corrected chi connectivity index (χ0v) is 8.01. The molecule has 1 atom stereocenters. The van der Waals surface area contributed by atoms with Gasteiger partial charge in [-0.3, -0.25) is 9.78 Å². The molecular weight excluding hydrogens is 182 g/mol. The van der Waals surface area contributed by atoms with E-state index in [1.54, 1.807) is 7.11 Å². The highest BCUT2D eigenvalue weighted by Gasteiger charge is 2.12. The highest BCUT2D eigenvalue weighted by atomic mass is 16.5. The lowest BCUT2D eigenvalue weighted by Crippen LogP contribution is -2.28. The summed E-state index contributed by atoms with van der Waals surface area (Å²) in [7, 11) is 1.55. The number of hydrogen-bond acceptors (Lipinski definition) is 5. The molecule has 0 amide bonds. The molecule has 0 spiro atoms. The van der Waals surface area contributed by atoms with Crippen LogP contribution in [0.25, 0.3) is 0 Å². The van der Waals surface area contributed by atoms with Crippen molar-refractivity contribution in [3.63, 3.8) is 0 Å². The number of rotatable bonds is 5. The molecule has 0 aromatic carbocycles. The first kappa shape index (κ1) is 10.7. The van der Waals surface area contributed by atoms with Gasteiger partial charge in [0.25, 0.3) is 0 Å². The average molecular weight is 195 g/mol. The standard InChI is InChI=1S/C9H13N3O2/c1-14-6-7(10)4-9(13)8-5-11-2-3-12-8/h2-3,5,7H,4,6,10H2,1H3. The molecule has 0 aliphatic rings. The van der Waals surface area contributed by atoms with Crippen LogP contribution in [-0.2, 0) is 4.74 Å². The van der Waals surface area contributed by atoms with E-state index in [-0.39, 0.29) is 18.2 Å². The van der Waals surface area contributed by atoms with Gasteiger partial charge >= 0.3 is 0 Å². The lowest BCUT2D eigenvalue weighted by molar-refractivity contribution is 0.0944. The molecule has 14 heavy (non-hydrogen) atoms. The first-order valence-corrected chi connectivity index (χ1v) is 4.27. The van der Waals surface area contributed by atoms with E-state index < -0.39 is 0 Å². The Hall–Kier alpha value is -1.33. The Morgan fingerprint density at radius 1 is 1.64 bits per heavy atom. The third-order valence-corrected chi connectivity index (χ3v) is 1.68. The van der Waals surface area contributed by atoms with Crippen LogP contribution in [-0.4, -0.2) is 35.5 Å². The number of carbonyl (C=O) groups excluding carboxylic acids is 1. The lowest BCUT2D eigenvalue weighted by atomic mass is 10.1. The quantitative estimate of drug-likeness (QED) is 0.670. The number of hydrogen-bond donors (Lipinski definition) is 1. The van der Waals surface area contributed by atoms with Gasteiger partial charge in [-0.1, -0.05) is 0 Å². The van der Waals surface area contributed by atoms with E-state index in [0.717, 1.165) is 0 Å². The second-order valence-corrected chi connectivity index (χ2v) is 2.93. The lowest BCUT2D eigenvalue weighted by Gasteiger charge is -2.08. The Kier molecular flexibility index (Phi) is 4.15. The van der Waals surface area contributed by atoms with Crippen molar-refractivity contribution in [2.75, 3.05) is 13.7 Å². The smallest absolute Gasteiger partial charge is 0.184 e. The molecule has 0 radical (unpaired) electrons. The third kappa shape index (κ3) is 3.20. The molecule has 1 heterocycles. The monoisotopic (exact) mass is 195 g/mol. The number of nitrogens with zero attached hydrogens (tertiary/aromatic N) is 2. The molecule has 1 aromatic heterocycles. The fourth-order valence-electron chi connectivity index (χ4n) is 1.06. The number of methoxy groups -OCH3 is 1. The van der Waals surface area contributed by atoms with Gasteiger partial charge in [-0.15, -0.1) is 0 Å². The van der Waals surface area contributed by atoms with Gasteiger partial charge in [-0.05, 0) is 0 Å². The van der Waals surface area contributed by atoms with E-state index in [9.17, 15) is 4.79 Å². The van der Waals surface area contributed by atoms with Crippen LogP contribution in [0, 0.1) is 0 Å². The van der Waals surface area contributed by atoms with Crippen LogP contribution in [0.2, 0.25) is 0 Å². The van der Waals surface area contributed by atoms with E-state index in [1.807, 2.05) is 0 Å². The highest BCUT2D eigenvalue weighted by molar-refractivity contribution is 5.94.